The molecule has 8 N–H and O–H groups in total. The molecule has 1 unspecified atom stereocenters. The smallest absolute Gasteiger partial charge is 0.223 e. The van der Waals surface area contributed by atoms with Crippen molar-refractivity contribution in [1.82, 2.24) is 0 Å². The molecule has 2 aromatic rings. The topological polar surface area (TPSA) is 210 Å². The van der Waals surface area contributed by atoms with Gasteiger partial charge in [-0.2, -0.15) is 0 Å². The predicted octanol–water partition coefficient (Wildman–Crippen LogP) is 1.85. The Morgan fingerprint density at radius 2 is 1.38 bits per heavy atom. The zero-order chi connectivity index (χ0) is 25.5. The van der Waals surface area contributed by atoms with E-state index in [1.165, 1.54) is 24.3 Å². The van der Waals surface area contributed by atoms with E-state index in [4.69, 9.17) is 11.5 Å². The van der Waals surface area contributed by atoms with Gasteiger partial charge in [0, 0.05) is 24.2 Å². The van der Waals surface area contributed by atoms with Gasteiger partial charge in [-0.25, -0.2) is 0 Å². The molecular formula is C23H29N3O8. The first kappa shape index (κ1) is 26.2. The average Bonchev–Trinajstić information content (AvgIpc) is 2.77. The number of nitro groups is 1. The van der Waals surface area contributed by atoms with Gasteiger partial charge in [0.25, 0.3) is 0 Å². The Morgan fingerprint density at radius 1 is 0.912 bits per heavy atom. The first-order valence-corrected chi connectivity index (χ1v) is 10.7. The van der Waals surface area contributed by atoms with Gasteiger partial charge >= 0.3 is 0 Å². The third kappa shape index (κ3) is 6.50. The summed E-state index contributed by atoms with van der Waals surface area (Å²) >= 11 is 0. The number of primary amides is 2. The van der Waals surface area contributed by atoms with E-state index in [0.29, 0.717) is 11.1 Å². The van der Waals surface area contributed by atoms with Gasteiger partial charge in [0.15, 0.2) is 23.0 Å². The second kappa shape index (κ2) is 11.2. The van der Waals surface area contributed by atoms with Gasteiger partial charge in [-0.05, 0) is 48.9 Å². The fourth-order valence-electron chi connectivity index (χ4n) is 4.02. The monoisotopic (exact) mass is 475 g/mol. The maximum atomic E-state index is 12.7. The highest BCUT2D eigenvalue weighted by Gasteiger charge is 2.42. The normalized spacial score (nSPS) is 12.2. The van der Waals surface area contributed by atoms with Crippen molar-refractivity contribution in [2.45, 2.75) is 51.0 Å². The molecule has 0 aromatic heterocycles. The Hall–Kier alpha value is -4.02. The number of hydrogen-bond acceptors (Lipinski definition) is 8. The number of aryl methyl sites for hydroxylation is 2. The number of amides is 2. The van der Waals surface area contributed by atoms with Crippen LogP contribution in [0, 0.1) is 15.5 Å². The minimum atomic E-state index is -1.47. The Bertz CT molecular complexity index is 1000. The second-order valence-corrected chi connectivity index (χ2v) is 8.36. The lowest BCUT2D eigenvalue weighted by Crippen LogP contribution is -2.42. The van der Waals surface area contributed by atoms with E-state index in [-0.39, 0.29) is 67.9 Å². The number of nitrogens with zero attached hydrogens (tertiary/aromatic N) is 1. The zero-order valence-corrected chi connectivity index (χ0v) is 18.5. The summed E-state index contributed by atoms with van der Waals surface area (Å²) in [4.78, 5) is 35.1. The molecule has 0 aliphatic heterocycles. The van der Waals surface area contributed by atoms with Gasteiger partial charge in [-0.1, -0.05) is 24.3 Å². The lowest BCUT2D eigenvalue weighted by molar-refractivity contribution is -0.526. The maximum absolute atomic E-state index is 12.7. The van der Waals surface area contributed by atoms with Crippen LogP contribution in [-0.4, -0.2) is 43.2 Å². The number of benzene rings is 2. The highest BCUT2D eigenvalue weighted by Crippen LogP contribution is 2.40. The van der Waals surface area contributed by atoms with Crippen LogP contribution in [0.5, 0.6) is 23.0 Å². The third-order valence-corrected chi connectivity index (χ3v) is 6.11. The number of aromatic hydroxyl groups is 4. The Labute approximate surface area is 195 Å². The van der Waals surface area contributed by atoms with Crippen molar-refractivity contribution in [3.63, 3.8) is 0 Å². The number of hydrogen-bond donors (Lipinski definition) is 6. The molecule has 1 atom stereocenters. The highest BCUT2D eigenvalue weighted by atomic mass is 16.6. The SMILES string of the molecule is NC(=O)CCC(CC(CCc1cccc(O)c1O)(CCc1cccc(O)c1O)C(N)=O)[N+](=O)[O-]. The molecule has 11 nitrogen and oxygen atoms in total. The molecule has 0 aliphatic carbocycles. The standard InChI is InChI=1S/C23H29N3O8/c24-19(29)8-7-16(26(33)34)13-23(22(25)32,11-9-14-3-1-5-17(27)20(14)30)12-10-15-4-2-6-18(28)21(15)31/h1-6,16,27-28,30-31H,7-13H2,(H2,24,29)(H2,25,32). The molecule has 0 saturated carbocycles. The quantitative estimate of drug-likeness (QED) is 0.143. The molecule has 0 radical (unpaired) electrons. The van der Waals surface area contributed by atoms with Crippen LogP contribution in [0.4, 0.5) is 0 Å². The van der Waals surface area contributed by atoms with Crippen molar-refractivity contribution in [3.8, 4) is 23.0 Å². The van der Waals surface area contributed by atoms with E-state index in [1.807, 2.05) is 0 Å². The Kier molecular flexibility index (Phi) is 8.65. The van der Waals surface area contributed by atoms with Crippen LogP contribution in [0.1, 0.15) is 43.2 Å². The molecule has 34 heavy (non-hydrogen) atoms. The summed E-state index contributed by atoms with van der Waals surface area (Å²) in [5.41, 5.74) is 10.1. The van der Waals surface area contributed by atoms with Crippen molar-refractivity contribution in [1.29, 1.82) is 0 Å². The van der Waals surface area contributed by atoms with E-state index in [2.05, 4.69) is 0 Å². The zero-order valence-electron chi connectivity index (χ0n) is 18.5. The van der Waals surface area contributed by atoms with Crippen molar-refractivity contribution in [2.24, 2.45) is 16.9 Å². The van der Waals surface area contributed by atoms with Crippen LogP contribution in [0.25, 0.3) is 0 Å². The van der Waals surface area contributed by atoms with E-state index >= 15 is 0 Å². The predicted molar refractivity (Wildman–Crippen MR) is 122 cm³/mol. The van der Waals surface area contributed by atoms with Crippen molar-refractivity contribution in [3.05, 3.63) is 57.6 Å². The van der Waals surface area contributed by atoms with Gasteiger partial charge < -0.3 is 31.9 Å². The van der Waals surface area contributed by atoms with E-state index in [1.54, 1.807) is 12.1 Å². The number of rotatable bonds is 13. The molecule has 2 rings (SSSR count). The number of nitrogens with two attached hydrogens (primary N) is 2. The molecule has 0 bridgehead atoms. The number of phenolic OH excluding ortho intramolecular Hbond substituents is 4. The Balaban J connectivity index is 2.40. The number of carbonyl (C=O) groups is 2. The second-order valence-electron chi connectivity index (χ2n) is 8.36. The van der Waals surface area contributed by atoms with Gasteiger partial charge in [0.05, 0.1) is 5.41 Å². The summed E-state index contributed by atoms with van der Waals surface area (Å²) in [5.74, 6) is -2.98. The van der Waals surface area contributed by atoms with Crippen molar-refractivity contribution < 1.29 is 34.9 Å². The summed E-state index contributed by atoms with van der Waals surface area (Å²) in [6.07, 6.45) is -0.639. The molecule has 0 saturated heterocycles. The Morgan fingerprint density at radius 3 is 1.76 bits per heavy atom. The number of phenols is 4. The first-order chi connectivity index (χ1) is 16.0. The van der Waals surface area contributed by atoms with Gasteiger partial charge in [0.1, 0.15) is 0 Å². The summed E-state index contributed by atoms with van der Waals surface area (Å²) in [6.45, 7) is 0. The molecule has 0 spiro atoms. The average molecular weight is 475 g/mol. The largest absolute Gasteiger partial charge is 0.504 e. The van der Waals surface area contributed by atoms with Crippen LogP contribution >= 0.6 is 0 Å². The lowest BCUT2D eigenvalue weighted by Gasteiger charge is -2.32. The van der Waals surface area contributed by atoms with Gasteiger partial charge in [-0.15, -0.1) is 0 Å². The van der Waals surface area contributed by atoms with Gasteiger partial charge in [-0.3, -0.25) is 19.7 Å². The minimum Gasteiger partial charge on any atom is -0.504 e. The summed E-state index contributed by atoms with van der Waals surface area (Å²) in [7, 11) is 0. The van der Waals surface area contributed by atoms with Crippen LogP contribution in [0.15, 0.2) is 36.4 Å². The fraction of sp³-hybridized carbons (Fsp3) is 0.391. The van der Waals surface area contributed by atoms with Crippen LogP contribution in [0.3, 0.4) is 0 Å². The summed E-state index contributed by atoms with van der Waals surface area (Å²) in [6, 6.07) is 7.38. The van der Waals surface area contributed by atoms with Crippen LogP contribution in [-0.2, 0) is 22.4 Å². The first-order valence-electron chi connectivity index (χ1n) is 10.7. The van der Waals surface area contributed by atoms with E-state index in [0.717, 1.165) is 0 Å². The number of carbonyl (C=O) groups excluding carboxylic acids is 2. The lowest BCUT2D eigenvalue weighted by atomic mass is 9.71. The van der Waals surface area contributed by atoms with Crippen molar-refractivity contribution in [2.75, 3.05) is 0 Å². The molecule has 184 valence electrons. The van der Waals surface area contributed by atoms with Crippen LogP contribution in [0.2, 0.25) is 0 Å². The van der Waals surface area contributed by atoms with Crippen molar-refractivity contribution >= 4 is 11.8 Å². The summed E-state index contributed by atoms with van der Waals surface area (Å²) < 4.78 is 0. The molecular weight excluding hydrogens is 446 g/mol. The van der Waals surface area contributed by atoms with Gasteiger partial charge in [0.2, 0.25) is 17.9 Å². The van der Waals surface area contributed by atoms with E-state index < -0.39 is 28.2 Å². The number of para-hydroxylation sites is 2. The fourth-order valence-corrected chi connectivity index (χ4v) is 4.02. The summed E-state index contributed by atoms with van der Waals surface area (Å²) in [5, 5.41) is 51.5. The molecule has 0 aliphatic rings. The molecule has 0 heterocycles. The maximum Gasteiger partial charge on any atom is 0.223 e. The van der Waals surface area contributed by atoms with Crippen LogP contribution < -0.4 is 11.5 Å². The molecule has 11 heteroatoms. The minimum absolute atomic E-state index is 0.0141. The molecule has 2 aromatic carbocycles. The molecule has 0 fully saturated rings. The van der Waals surface area contributed by atoms with E-state index in [9.17, 15) is 40.1 Å². The highest BCUT2D eigenvalue weighted by molar-refractivity contribution is 5.81. The third-order valence-electron chi connectivity index (χ3n) is 6.11. The molecule has 2 amide bonds.